The molecule has 0 amide bonds. The Balaban J connectivity index is 1.72. The van der Waals surface area contributed by atoms with Gasteiger partial charge in [-0.05, 0) is 18.3 Å². The smallest absolute Gasteiger partial charge is 0.160 e. The predicted molar refractivity (Wildman–Crippen MR) is 82.1 cm³/mol. The minimum Gasteiger partial charge on any atom is -0.377 e. The van der Waals surface area contributed by atoms with E-state index in [1.807, 2.05) is 0 Å². The zero-order valence-corrected chi connectivity index (χ0v) is 12.9. The Labute approximate surface area is 124 Å². The molecule has 3 heterocycles. The Morgan fingerprint density at radius 2 is 2.24 bits per heavy atom. The zero-order valence-electron chi connectivity index (χ0n) is 12.9. The van der Waals surface area contributed by atoms with Crippen LogP contribution in [0.1, 0.15) is 33.6 Å². The zero-order chi connectivity index (χ0) is 14.9. The van der Waals surface area contributed by atoms with E-state index in [1.54, 1.807) is 12.5 Å². The van der Waals surface area contributed by atoms with Crippen molar-refractivity contribution in [3.05, 3.63) is 12.5 Å². The van der Waals surface area contributed by atoms with E-state index in [0.717, 1.165) is 36.4 Å². The lowest BCUT2D eigenvalue weighted by molar-refractivity contribution is -0.0814. The number of ether oxygens (including phenoxy) is 1. The monoisotopic (exact) mass is 289 g/mol. The number of rotatable bonds is 3. The molecule has 6 heteroatoms. The summed E-state index contributed by atoms with van der Waals surface area (Å²) < 4.78 is 6.02. The average Bonchev–Trinajstić information content (AvgIpc) is 2.93. The van der Waals surface area contributed by atoms with Gasteiger partial charge in [-0.1, -0.05) is 20.8 Å². The first-order valence-corrected chi connectivity index (χ1v) is 7.55. The average molecular weight is 289 g/mol. The summed E-state index contributed by atoms with van der Waals surface area (Å²) in [4.78, 5) is 8.48. The van der Waals surface area contributed by atoms with Gasteiger partial charge in [-0.3, -0.25) is 5.10 Å². The van der Waals surface area contributed by atoms with Crippen molar-refractivity contribution >= 4 is 16.9 Å². The molecule has 0 aliphatic carbocycles. The Bertz CT molecular complexity index is 603. The molecule has 1 saturated heterocycles. The summed E-state index contributed by atoms with van der Waals surface area (Å²) in [6.07, 6.45) is 5.91. The van der Waals surface area contributed by atoms with Crippen LogP contribution in [0.2, 0.25) is 0 Å². The molecule has 0 bridgehead atoms. The second-order valence-corrected chi connectivity index (χ2v) is 6.80. The molecule has 3 rings (SSSR count). The van der Waals surface area contributed by atoms with Gasteiger partial charge in [0.15, 0.2) is 5.65 Å². The molecule has 2 atom stereocenters. The summed E-state index contributed by atoms with van der Waals surface area (Å²) in [6, 6.07) is 0. The highest BCUT2D eigenvalue weighted by Gasteiger charge is 2.35. The Morgan fingerprint density at radius 3 is 3.05 bits per heavy atom. The summed E-state index contributed by atoms with van der Waals surface area (Å²) in [7, 11) is 0. The van der Waals surface area contributed by atoms with Crippen molar-refractivity contribution in [2.75, 3.05) is 18.5 Å². The molecule has 2 aromatic heterocycles. The maximum Gasteiger partial charge on any atom is 0.160 e. The van der Waals surface area contributed by atoms with Gasteiger partial charge in [0.25, 0.3) is 0 Å². The van der Waals surface area contributed by atoms with Crippen LogP contribution in [0.25, 0.3) is 11.0 Å². The standard InChI is InChI=1S/C15H23N5O/c1-15(2,3)12-10(5-4-6-21-12)7-16-13-11-8-19-20-14(11)18-9-17-13/h8-10,12H,4-7H2,1-3H3,(H2,16,17,18,19,20). The molecule has 6 nitrogen and oxygen atoms in total. The molecular weight excluding hydrogens is 266 g/mol. The summed E-state index contributed by atoms with van der Waals surface area (Å²) >= 11 is 0. The van der Waals surface area contributed by atoms with E-state index in [4.69, 9.17) is 4.74 Å². The maximum absolute atomic E-state index is 6.02. The number of aromatic nitrogens is 4. The number of aromatic amines is 1. The first-order valence-electron chi connectivity index (χ1n) is 7.55. The molecule has 0 saturated carbocycles. The van der Waals surface area contributed by atoms with Crippen molar-refractivity contribution in [3.8, 4) is 0 Å². The third-order valence-corrected chi connectivity index (χ3v) is 4.08. The molecule has 1 aliphatic heterocycles. The van der Waals surface area contributed by atoms with Crippen molar-refractivity contribution in [2.24, 2.45) is 11.3 Å². The van der Waals surface area contributed by atoms with Crippen LogP contribution in [0.15, 0.2) is 12.5 Å². The van der Waals surface area contributed by atoms with E-state index in [1.165, 1.54) is 6.42 Å². The van der Waals surface area contributed by atoms with Crippen LogP contribution >= 0.6 is 0 Å². The SMILES string of the molecule is CC(C)(C)C1OCCCC1CNc1ncnc2[nH]ncc12. The van der Waals surface area contributed by atoms with E-state index in [-0.39, 0.29) is 11.5 Å². The number of hydrogen-bond donors (Lipinski definition) is 2. The second-order valence-electron chi connectivity index (χ2n) is 6.80. The molecule has 2 unspecified atom stereocenters. The van der Waals surface area contributed by atoms with Gasteiger partial charge in [0, 0.05) is 19.1 Å². The van der Waals surface area contributed by atoms with Gasteiger partial charge >= 0.3 is 0 Å². The lowest BCUT2D eigenvalue weighted by atomic mass is 9.78. The number of anilines is 1. The molecule has 1 fully saturated rings. The molecule has 2 aromatic rings. The van der Waals surface area contributed by atoms with Gasteiger partial charge in [0.2, 0.25) is 0 Å². The van der Waals surface area contributed by atoms with Crippen molar-refractivity contribution in [3.63, 3.8) is 0 Å². The summed E-state index contributed by atoms with van der Waals surface area (Å²) in [5.41, 5.74) is 0.920. The first kappa shape index (κ1) is 14.3. The topological polar surface area (TPSA) is 75.7 Å². The first-order chi connectivity index (χ1) is 10.1. The number of nitrogens with one attached hydrogen (secondary N) is 2. The fourth-order valence-corrected chi connectivity index (χ4v) is 3.14. The lowest BCUT2D eigenvalue weighted by Crippen LogP contribution is -2.42. The summed E-state index contributed by atoms with van der Waals surface area (Å²) in [5.74, 6) is 1.34. The molecular formula is C15H23N5O. The lowest BCUT2D eigenvalue weighted by Gasteiger charge is -2.40. The third-order valence-electron chi connectivity index (χ3n) is 4.08. The van der Waals surface area contributed by atoms with Crippen LogP contribution in [0.4, 0.5) is 5.82 Å². The Hall–Kier alpha value is -1.69. The highest BCUT2D eigenvalue weighted by atomic mass is 16.5. The molecule has 0 spiro atoms. The molecule has 114 valence electrons. The van der Waals surface area contributed by atoms with Gasteiger partial charge in [-0.2, -0.15) is 5.10 Å². The van der Waals surface area contributed by atoms with Gasteiger partial charge in [-0.15, -0.1) is 0 Å². The predicted octanol–water partition coefficient (Wildman–Crippen LogP) is 2.61. The van der Waals surface area contributed by atoms with Crippen LogP contribution in [0.5, 0.6) is 0 Å². The molecule has 2 N–H and O–H groups in total. The van der Waals surface area contributed by atoms with Crippen molar-refractivity contribution in [2.45, 2.75) is 39.7 Å². The normalized spacial score (nSPS) is 23.4. The third kappa shape index (κ3) is 3.00. The Kier molecular flexibility index (Phi) is 3.80. The quantitative estimate of drug-likeness (QED) is 0.908. The number of fused-ring (bicyclic) bond motifs is 1. The highest BCUT2D eigenvalue weighted by molar-refractivity contribution is 5.85. The fraction of sp³-hybridized carbons (Fsp3) is 0.667. The molecule has 0 radical (unpaired) electrons. The number of nitrogens with zero attached hydrogens (tertiary/aromatic N) is 3. The summed E-state index contributed by atoms with van der Waals surface area (Å²) in [5, 5.41) is 11.3. The van der Waals surface area contributed by atoms with Crippen LogP contribution < -0.4 is 5.32 Å². The molecule has 1 aliphatic rings. The van der Waals surface area contributed by atoms with Gasteiger partial charge < -0.3 is 10.1 Å². The van der Waals surface area contributed by atoms with Crippen LogP contribution in [0.3, 0.4) is 0 Å². The number of H-pyrrole nitrogens is 1. The minimum absolute atomic E-state index is 0.156. The van der Waals surface area contributed by atoms with E-state index in [0.29, 0.717) is 5.92 Å². The molecule has 0 aromatic carbocycles. The largest absolute Gasteiger partial charge is 0.377 e. The van der Waals surface area contributed by atoms with Crippen molar-refractivity contribution in [1.82, 2.24) is 20.2 Å². The van der Waals surface area contributed by atoms with Crippen molar-refractivity contribution in [1.29, 1.82) is 0 Å². The number of hydrogen-bond acceptors (Lipinski definition) is 5. The van der Waals surface area contributed by atoms with Crippen LogP contribution in [-0.4, -0.2) is 39.4 Å². The van der Waals surface area contributed by atoms with E-state index in [9.17, 15) is 0 Å². The van der Waals surface area contributed by atoms with Crippen molar-refractivity contribution < 1.29 is 4.74 Å². The second kappa shape index (κ2) is 5.60. The highest BCUT2D eigenvalue weighted by Crippen LogP contribution is 2.34. The van der Waals surface area contributed by atoms with E-state index >= 15 is 0 Å². The maximum atomic E-state index is 6.02. The van der Waals surface area contributed by atoms with Gasteiger partial charge in [0.05, 0.1) is 17.7 Å². The van der Waals surface area contributed by atoms with Crippen LogP contribution in [-0.2, 0) is 4.74 Å². The summed E-state index contributed by atoms with van der Waals surface area (Å²) in [6.45, 7) is 8.47. The van der Waals surface area contributed by atoms with E-state index in [2.05, 4.69) is 46.3 Å². The van der Waals surface area contributed by atoms with Gasteiger partial charge in [-0.25, -0.2) is 9.97 Å². The molecule has 21 heavy (non-hydrogen) atoms. The fourth-order valence-electron chi connectivity index (χ4n) is 3.14. The van der Waals surface area contributed by atoms with E-state index < -0.39 is 0 Å². The Morgan fingerprint density at radius 1 is 1.38 bits per heavy atom. The van der Waals surface area contributed by atoms with Gasteiger partial charge in [0.1, 0.15) is 12.1 Å². The van der Waals surface area contributed by atoms with Crippen LogP contribution in [0, 0.1) is 11.3 Å². The minimum atomic E-state index is 0.156.